The molecule has 0 saturated heterocycles. The van der Waals surface area contributed by atoms with Crippen LogP contribution in [0, 0.1) is 10.8 Å². The maximum absolute atomic E-state index is 9.59. The van der Waals surface area contributed by atoms with Gasteiger partial charge in [-0.05, 0) is 53.7 Å². The van der Waals surface area contributed by atoms with Gasteiger partial charge in [-0.1, -0.05) is 72.9 Å². The lowest BCUT2D eigenvalue weighted by Crippen LogP contribution is -2.27. The summed E-state index contributed by atoms with van der Waals surface area (Å²) in [5, 5.41) is 9.59. The lowest BCUT2D eigenvalue weighted by Gasteiger charge is -2.40. The second-order valence-electron chi connectivity index (χ2n) is 8.35. The Hall–Kier alpha value is -0.980. The number of phenols is 1. The Balaban J connectivity index is 3.03. The second-order valence-corrected chi connectivity index (χ2v) is 8.35. The number of hydrogen-bond donors (Lipinski definition) is 1. The average molecular weight is 305 g/mol. The van der Waals surface area contributed by atoms with Crippen molar-refractivity contribution in [3.63, 3.8) is 0 Å². The van der Waals surface area contributed by atoms with Crippen LogP contribution in [0.25, 0.3) is 0 Å². The van der Waals surface area contributed by atoms with Gasteiger partial charge in [-0.2, -0.15) is 0 Å². The topological polar surface area (TPSA) is 20.2 Å². The van der Waals surface area contributed by atoms with Crippen molar-refractivity contribution in [3.05, 3.63) is 29.8 Å². The van der Waals surface area contributed by atoms with Gasteiger partial charge in [0.25, 0.3) is 0 Å². The molecule has 0 aromatic heterocycles. The highest BCUT2D eigenvalue weighted by Gasteiger charge is 2.34. The first-order valence-corrected chi connectivity index (χ1v) is 9.01. The summed E-state index contributed by atoms with van der Waals surface area (Å²) in [6.45, 7) is 14.2. The standard InChI is InChI=1S/C21H36O/c1-7-9-15-20(3,4)16-19(21(5,6)14-8-2)17-10-12-18(22)13-11-17/h10-13,19,22H,7-9,14-16H2,1-6H3. The van der Waals surface area contributed by atoms with Crippen LogP contribution in [-0.4, -0.2) is 5.11 Å². The highest BCUT2D eigenvalue weighted by atomic mass is 16.3. The molecule has 0 aliphatic rings. The summed E-state index contributed by atoms with van der Waals surface area (Å²) in [6, 6.07) is 7.91. The molecule has 1 heteroatoms. The van der Waals surface area contributed by atoms with Gasteiger partial charge in [-0.3, -0.25) is 0 Å². The molecule has 1 rings (SSSR count). The number of aromatic hydroxyl groups is 1. The van der Waals surface area contributed by atoms with Gasteiger partial charge in [0, 0.05) is 0 Å². The quantitative estimate of drug-likeness (QED) is 0.525. The second kappa shape index (κ2) is 8.04. The fourth-order valence-electron chi connectivity index (χ4n) is 3.68. The third-order valence-corrected chi connectivity index (χ3v) is 5.10. The van der Waals surface area contributed by atoms with E-state index in [2.05, 4.69) is 53.7 Å². The van der Waals surface area contributed by atoms with Crippen molar-refractivity contribution in [1.29, 1.82) is 0 Å². The van der Waals surface area contributed by atoms with Crippen molar-refractivity contribution < 1.29 is 5.11 Å². The zero-order valence-corrected chi connectivity index (χ0v) is 15.6. The summed E-state index contributed by atoms with van der Waals surface area (Å²) in [5.41, 5.74) is 2.03. The minimum absolute atomic E-state index is 0.287. The molecule has 0 radical (unpaired) electrons. The van der Waals surface area contributed by atoms with Gasteiger partial charge in [-0.25, -0.2) is 0 Å². The predicted octanol–water partition coefficient (Wildman–Crippen LogP) is 6.91. The summed E-state index contributed by atoms with van der Waals surface area (Å²) >= 11 is 0. The zero-order valence-electron chi connectivity index (χ0n) is 15.6. The molecule has 0 bridgehead atoms. The molecular formula is C21H36O. The van der Waals surface area contributed by atoms with E-state index in [-0.39, 0.29) is 5.41 Å². The van der Waals surface area contributed by atoms with Crippen LogP contribution in [0.3, 0.4) is 0 Å². The normalized spacial score (nSPS) is 14.1. The first-order valence-electron chi connectivity index (χ1n) is 9.01. The number of rotatable bonds is 9. The smallest absolute Gasteiger partial charge is 0.115 e. The van der Waals surface area contributed by atoms with E-state index >= 15 is 0 Å². The number of phenolic OH excluding ortho intramolecular Hbond substituents is 1. The molecule has 1 aromatic rings. The van der Waals surface area contributed by atoms with Crippen molar-refractivity contribution in [2.24, 2.45) is 10.8 Å². The monoisotopic (exact) mass is 304 g/mol. The molecule has 0 aliphatic carbocycles. The van der Waals surface area contributed by atoms with Crippen LogP contribution in [0.1, 0.15) is 91.5 Å². The molecule has 0 aliphatic heterocycles. The van der Waals surface area contributed by atoms with Crippen LogP contribution >= 0.6 is 0 Å². The average Bonchev–Trinajstić information content (AvgIpc) is 2.44. The Bertz CT molecular complexity index is 428. The fraction of sp³-hybridized carbons (Fsp3) is 0.714. The molecule has 1 atom stereocenters. The molecule has 1 unspecified atom stereocenters. The SMILES string of the molecule is CCCCC(C)(C)CC(c1ccc(O)cc1)C(C)(C)CCC. The van der Waals surface area contributed by atoms with Gasteiger partial charge in [0.05, 0.1) is 0 Å². The Morgan fingerprint density at radius 3 is 2.00 bits per heavy atom. The van der Waals surface area contributed by atoms with E-state index in [9.17, 15) is 5.11 Å². The summed E-state index contributed by atoms with van der Waals surface area (Å²) in [6.07, 6.45) is 7.54. The van der Waals surface area contributed by atoms with E-state index in [0.717, 1.165) is 0 Å². The lowest BCUT2D eigenvalue weighted by atomic mass is 9.65. The van der Waals surface area contributed by atoms with E-state index in [0.29, 0.717) is 17.1 Å². The number of benzene rings is 1. The van der Waals surface area contributed by atoms with E-state index in [1.807, 2.05) is 12.1 Å². The molecular weight excluding hydrogens is 268 g/mol. The van der Waals surface area contributed by atoms with Crippen molar-refractivity contribution in [2.75, 3.05) is 0 Å². The summed E-state index contributed by atoms with van der Waals surface area (Å²) in [4.78, 5) is 0. The third-order valence-electron chi connectivity index (χ3n) is 5.10. The van der Waals surface area contributed by atoms with Crippen molar-refractivity contribution in [3.8, 4) is 5.75 Å². The minimum atomic E-state index is 0.287. The molecule has 1 nitrogen and oxygen atoms in total. The Morgan fingerprint density at radius 1 is 0.909 bits per heavy atom. The molecule has 0 fully saturated rings. The molecule has 0 saturated carbocycles. The zero-order chi connectivity index (χ0) is 16.8. The van der Waals surface area contributed by atoms with Crippen LogP contribution in [0.5, 0.6) is 5.75 Å². The van der Waals surface area contributed by atoms with Crippen LogP contribution in [0.2, 0.25) is 0 Å². The first-order chi connectivity index (χ1) is 10.2. The number of hydrogen-bond acceptors (Lipinski definition) is 1. The maximum atomic E-state index is 9.59. The third kappa shape index (κ3) is 5.66. The summed E-state index contributed by atoms with van der Waals surface area (Å²) < 4.78 is 0. The largest absolute Gasteiger partial charge is 0.508 e. The van der Waals surface area contributed by atoms with Gasteiger partial charge in [-0.15, -0.1) is 0 Å². The van der Waals surface area contributed by atoms with Crippen molar-refractivity contribution in [1.82, 2.24) is 0 Å². The van der Waals surface area contributed by atoms with Crippen LogP contribution in [0.15, 0.2) is 24.3 Å². The highest BCUT2D eigenvalue weighted by Crippen LogP contribution is 2.47. The van der Waals surface area contributed by atoms with Gasteiger partial charge >= 0.3 is 0 Å². The fourth-order valence-corrected chi connectivity index (χ4v) is 3.68. The van der Waals surface area contributed by atoms with Crippen molar-refractivity contribution in [2.45, 2.75) is 86.0 Å². The van der Waals surface area contributed by atoms with Gasteiger partial charge in [0.15, 0.2) is 0 Å². The molecule has 0 heterocycles. The van der Waals surface area contributed by atoms with Gasteiger partial charge < -0.3 is 5.11 Å². The molecule has 22 heavy (non-hydrogen) atoms. The first kappa shape index (κ1) is 19.1. The molecule has 126 valence electrons. The highest BCUT2D eigenvalue weighted by molar-refractivity contribution is 5.29. The molecule has 0 amide bonds. The predicted molar refractivity (Wildman–Crippen MR) is 97.5 cm³/mol. The van der Waals surface area contributed by atoms with Gasteiger partial charge in [0.2, 0.25) is 0 Å². The van der Waals surface area contributed by atoms with Crippen LogP contribution in [-0.2, 0) is 0 Å². The Labute approximate surface area is 138 Å². The van der Waals surface area contributed by atoms with Crippen LogP contribution < -0.4 is 0 Å². The summed E-state index contributed by atoms with van der Waals surface area (Å²) in [7, 11) is 0. The summed E-state index contributed by atoms with van der Waals surface area (Å²) in [5.74, 6) is 0.904. The van der Waals surface area contributed by atoms with E-state index in [1.54, 1.807) is 0 Å². The Morgan fingerprint density at radius 2 is 1.50 bits per heavy atom. The Kier molecular flexibility index (Phi) is 6.97. The molecule has 1 aromatic carbocycles. The van der Waals surface area contributed by atoms with E-state index < -0.39 is 0 Å². The van der Waals surface area contributed by atoms with E-state index in [1.165, 1.54) is 44.1 Å². The minimum Gasteiger partial charge on any atom is -0.508 e. The maximum Gasteiger partial charge on any atom is 0.115 e. The molecule has 0 spiro atoms. The molecule has 1 N–H and O–H groups in total. The lowest BCUT2D eigenvalue weighted by molar-refractivity contribution is 0.175. The van der Waals surface area contributed by atoms with Crippen LogP contribution in [0.4, 0.5) is 0 Å². The number of unbranched alkanes of at least 4 members (excludes halogenated alkanes) is 1. The van der Waals surface area contributed by atoms with E-state index in [4.69, 9.17) is 0 Å². The van der Waals surface area contributed by atoms with Gasteiger partial charge in [0.1, 0.15) is 5.75 Å². The van der Waals surface area contributed by atoms with Crippen molar-refractivity contribution >= 4 is 0 Å².